The average molecular weight is 361 g/mol. The van der Waals surface area contributed by atoms with Crippen molar-refractivity contribution in [3.63, 3.8) is 0 Å². The maximum atomic E-state index is 13.2. The van der Waals surface area contributed by atoms with Gasteiger partial charge in [0.05, 0.1) is 7.11 Å². The molecule has 0 saturated carbocycles. The first kappa shape index (κ1) is 18.4. The summed E-state index contributed by atoms with van der Waals surface area (Å²) in [7, 11) is -2.45. The molecule has 0 spiro atoms. The summed E-state index contributed by atoms with van der Waals surface area (Å²) >= 11 is 1.13. The maximum absolute atomic E-state index is 13.2. The predicted octanol–water partition coefficient (Wildman–Crippen LogP) is 2.00. The van der Waals surface area contributed by atoms with Crippen molar-refractivity contribution in [3.8, 4) is 0 Å². The van der Waals surface area contributed by atoms with E-state index in [9.17, 15) is 13.2 Å². The first-order valence-corrected chi connectivity index (χ1v) is 10.1. The third-order valence-electron chi connectivity index (χ3n) is 4.02. The number of carbonyl (C=O) groups is 1. The largest absolute Gasteiger partial charge is 0.465 e. The van der Waals surface area contributed by atoms with Crippen molar-refractivity contribution in [1.29, 1.82) is 0 Å². The number of nitrogens with one attached hydrogen (secondary N) is 1. The lowest BCUT2D eigenvalue weighted by atomic mass is 10.1. The van der Waals surface area contributed by atoms with Gasteiger partial charge in [-0.25, -0.2) is 13.2 Å². The number of hydrogen-bond acceptors (Lipinski definition) is 6. The zero-order valence-corrected chi connectivity index (χ0v) is 15.4. The van der Waals surface area contributed by atoms with E-state index in [4.69, 9.17) is 4.74 Å². The summed E-state index contributed by atoms with van der Waals surface area (Å²) < 4.78 is 32.8. The lowest BCUT2D eigenvalue weighted by molar-refractivity contribution is 0.0602. The highest BCUT2D eigenvalue weighted by atomic mass is 32.2. The van der Waals surface area contributed by atoms with Crippen molar-refractivity contribution >= 4 is 27.3 Å². The zero-order valence-electron chi connectivity index (χ0n) is 13.8. The molecular weight excluding hydrogens is 336 g/mol. The van der Waals surface area contributed by atoms with Gasteiger partial charge in [-0.3, -0.25) is 0 Å². The highest BCUT2D eigenvalue weighted by Gasteiger charge is 2.36. The Bertz CT molecular complexity index is 648. The minimum atomic E-state index is -3.72. The number of thiophene rings is 1. The van der Waals surface area contributed by atoms with E-state index in [2.05, 4.69) is 5.32 Å². The molecule has 0 atom stereocenters. The van der Waals surface area contributed by atoms with Gasteiger partial charge in [0.1, 0.15) is 9.77 Å². The molecule has 0 radical (unpaired) electrons. The van der Waals surface area contributed by atoms with Crippen molar-refractivity contribution in [2.24, 2.45) is 0 Å². The number of nitrogens with zero attached hydrogens (tertiary/aromatic N) is 1. The lowest BCUT2D eigenvalue weighted by Gasteiger charge is -2.33. The van der Waals surface area contributed by atoms with Gasteiger partial charge in [-0.1, -0.05) is 6.92 Å². The molecule has 0 bridgehead atoms. The van der Waals surface area contributed by atoms with Crippen LogP contribution in [-0.2, 0) is 14.8 Å². The predicted molar refractivity (Wildman–Crippen MR) is 90.5 cm³/mol. The van der Waals surface area contributed by atoms with Crippen LogP contribution in [0.5, 0.6) is 0 Å². The third-order valence-corrected chi connectivity index (χ3v) is 7.36. The van der Waals surface area contributed by atoms with E-state index in [0.717, 1.165) is 43.7 Å². The molecule has 23 heavy (non-hydrogen) atoms. The van der Waals surface area contributed by atoms with Gasteiger partial charge in [-0.05, 0) is 50.2 Å². The van der Waals surface area contributed by atoms with Crippen LogP contribution in [0.3, 0.4) is 0 Å². The molecule has 2 heterocycles. The number of rotatable bonds is 6. The summed E-state index contributed by atoms with van der Waals surface area (Å²) in [4.78, 5) is 12.2. The molecule has 1 N–H and O–H groups in total. The van der Waals surface area contributed by atoms with Crippen LogP contribution in [0.25, 0.3) is 0 Å². The molecule has 0 aliphatic carbocycles. The molecule has 1 aliphatic rings. The first-order chi connectivity index (χ1) is 10.9. The molecule has 0 unspecified atom stereocenters. The number of ether oxygens (including phenoxy) is 1. The quantitative estimate of drug-likeness (QED) is 0.785. The Balaban J connectivity index is 2.45. The number of aryl methyl sites for hydroxylation is 1. The molecule has 0 amide bonds. The van der Waals surface area contributed by atoms with E-state index < -0.39 is 16.0 Å². The van der Waals surface area contributed by atoms with E-state index in [1.807, 2.05) is 6.92 Å². The minimum absolute atomic E-state index is 0.0222. The smallest absolute Gasteiger partial charge is 0.349 e. The summed E-state index contributed by atoms with van der Waals surface area (Å²) in [6, 6.07) is -0.0222. The maximum Gasteiger partial charge on any atom is 0.349 e. The lowest BCUT2D eigenvalue weighted by Crippen LogP contribution is -2.46. The van der Waals surface area contributed by atoms with Gasteiger partial charge in [0, 0.05) is 12.6 Å². The molecule has 1 aromatic heterocycles. The van der Waals surface area contributed by atoms with E-state index in [0.29, 0.717) is 12.1 Å². The van der Waals surface area contributed by atoms with Crippen molar-refractivity contribution in [2.45, 2.75) is 44.0 Å². The second kappa shape index (κ2) is 7.74. The van der Waals surface area contributed by atoms with Gasteiger partial charge in [-0.2, -0.15) is 4.31 Å². The van der Waals surface area contributed by atoms with Crippen LogP contribution in [0.4, 0.5) is 0 Å². The van der Waals surface area contributed by atoms with Gasteiger partial charge in [0.2, 0.25) is 10.0 Å². The van der Waals surface area contributed by atoms with Crippen molar-refractivity contribution in [2.75, 3.05) is 26.7 Å². The summed E-state index contributed by atoms with van der Waals surface area (Å²) in [5, 5.41) is 4.95. The molecular formula is C15H24N2O4S2. The van der Waals surface area contributed by atoms with Gasteiger partial charge in [-0.15, -0.1) is 11.3 Å². The molecule has 2 rings (SSSR count). The highest BCUT2D eigenvalue weighted by molar-refractivity contribution is 7.89. The van der Waals surface area contributed by atoms with Crippen LogP contribution in [0, 0.1) is 6.92 Å². The molecule has 1 aliphatic heterocycles. The van der Waals surface area contributed by atoms with Gasteiger partial charge in [0.15, 0.2) is 0 Å². The Kier molecular flexibility index (Phi) is 6.19. The highest BCUT2D eigenvalue weighted by Crippen LogP contribution is 2.32. The molecule has 8 heteroatoms. The summed E-state index contributed by atoms with van der Waals surface area (Å²) in [6.07, 6.45) is 2.31. The molecule has 1 fully saturated rings. The van der Waals surface area contributed by atoms with Gasteiger partial charge in [0.25, 0.3) is 0 Å². The molecule has 0 aromatic carbocycles. The summed E-state index contributed by atoms with van der Waals surface area (Å²) in [5.41, 5.74) is 0.602. The van der Waals surface area contributed by atoms with E-state index >= 15 is 0 Å². The second-order valence-corrected chi connectivity index (χ2v) is 8.37. The molecule has 130 valence electrons. The van der Waals surface area contributed by atoms with E-state index in [1.165, 1.54) is 7.11 Å². The number of sulfonamides is 1. The van der Waals surface area contributed by atoms with Crippen LogP contribution >= 0.6 is 11.3 Å². The summed E-state index contributed by atoms with van der Waals surface area (Å²) in [5.74, 6) is -0.594. The van der Waals surface area contributed by atoms with Gasteiger partial charge >= 0.3 is 5.97 Å². The molecule has 1 aromatic rings. The number of esters is 1. The Hall–Kier alpha value is -0.960. The van der Waals surface area contributed by atoms with Crippen molar-refractivity contribution < 1.29 is 17.9 Å². The standard InChI is InChI=1S/C15H24N2O4S2/c1-4-9-17(12-5-7-16-8-6-12)23(19,20)14-11(2)10-22-13(14)15(18)21-3/h10,12,16H,4-9H2,1-3H3. The fourth-order valence-electron chi connectivity index (χ4n) is 2.92. The third kappa shape index (κ3) is 3.76. The van der Waals surface area contributed by atoms with Crippen LogP contribution in [-0.4, -0.2) is 51.5 Å². The Morgan fingerprint density at radius 3 is 2.65 bits per heavy atom. The SMILES string of the molecule is CCCN(C1CCNCC1)S(=O)(=O)c1c(C)csc1C(=O)OC. The topological polar surface area (TPSA) is 75.7 Å². The Morgan fingerprint density at radius 2 is 2.09 bits per heavy atom. The number of hydrogen-bond donors (Lipinski definition) is 1. The fourth-order valence-corrected chi connectivity index (χ4v) is 6.36. The van der Waals surface area contributed by atoms with Crippen LogP contribution in [0.2, 0.25) is 0 Å². The van der Waals surface area contributed by atoms with Crippen LogP contribution in [0.15, 0.2) is 10.3 Å². The fraction of sp³-hybridized carbons (Fsp3) is 0.667. The zero-order chi connectivity index (χ0) is 17.0. The first-order valence-electron chi connectivity index (χ1n) is 7.82. The second-order valence-electron chi connectivity index (χ2n) is 5.67. The van der Waals surface area contributed by atoms with Crippen LogP contribution in [0.1, 0.15) is 41.4 Å². The summed E-state index contributed by atoms with van der Waals surface area (Å²) in [6.45, 7) is 5.77. The monoisotopic (exact) mass is 360 g/mol. The number of methoxy groups -OCH3 is 1. The average Bonchev–Trinajstić information content (AvgIpc) is 2.95. The normalized spacial score (nSPS) is 16.7. The Morgan fingerprint density at radius 1 is 1.43 bits per heavy atom. The van der Waals surface area contributed by atoms with Crippen LogP contribution < -0.4 is 5.32 Å². The van der Waals surface area contributed by atoms with E-state index in [1.54, 1.807) is 16.6 Å². The number of carbonyl (C=O) groups excluding carboxylic acids is 1. The van der Waals surface area contributed by atoms with Crippen molar-refractivity contribution in [3.05, 3.63) is 15.8 Å². The Labute approximate surface area is 141 Å². The molecule has 6 nitrogen and oxygen atoms in total. The van der Waals surface area contributed by atoms with E-state index in [-0.39, 0.29) is 15.8 Å². The van der Waals surface area contributed by atoms with Crippen molar-refractivity contribution in [1.82, 2.24) is 9.62 Å². The number of piperidine rings is 1. The van der Waals surface area contributed by atoms with Gasteiger partial charge < -0.3 is 10.1 Å². The minimum Gasteiger partial charge on any atom is -0.465 e. The molecule has 1 saturated heterocycles.